The van der Waals surface area contributed by atoms with Crippen LogP contribution in [0.3, 0.4) is 0 Å². The predicted octanol–water partition coefficient (Wildman–Crippen LogP) is 4.30. The maximum atomic E-state index is 12.8. The Kier molecular flexibility index (Phi) is 4.74. The molecule has 0 aliphatic rings. The zero-order valence-electron chi connectivity index (χ0n) is 11.8. The number of hydrogen-bond acceptors (Lipinski definition) is 4. The summed E-state index contributed by atoms with van der Waals surface area (Å²) in [5.74, 6) is 0. The van der Waals surface area contributed by atoms with Gasteiger partial charge in [0.1, 0.15) is 5.69 Å². The molecule has 0 unspecified atom stereocenters. The van der Waals surface area contributed by atoms with Crippen molar-refractivity contribution in [2.75, 3.05) is 11.9 Å². The average Bonchev–Trinajstić information content (AvgIpc) is 2.46. The van der Waals surface area contributed by atoms with Gasteiger partial charge in [-0.1, -0.05) is 17.7 Å². The number of pyridine rings is 1. The molecule has 1 aromatic heterocycles. The van der Waals surface area contributed by atoms with Crippen LogP contribution in [0.4, 0.5) is 24.5 Å². The van der Waals surface area contributed by atoms with Crippen molar-refractivity contribution in [1.29, 1.82) is 0 Å². The van der Waals surface area contributed by atoms with Crippen molar-refractivity contribution in [1.82, 2.24) is 4.98 Å². The molecular formula is C14H11ClF3N3O2. The molecule has 0 bridgehead atoms. The number of halogens is 4. The third-order valence-electron chi connectivity index (χ3n) is 3.12. The van der Waals surface area contributed by atoms with Crippen LogP contribution in [0.5, 0.6) is 0 Å². The molecule has 0 atom stereocenters. The van der Waals surface area contributed by atoms with Gasteiger partial charge < -0.3 is 4.90 Å². The van der Waals surface area contributed by atoms with Crippen LogP contribution in [-0.4, -0.2) is 17.0 Å². The second kappa shape index (κ2) is 6.41. The lowest BCUT2D eigenvalue weighted by Crippen LogP contribution is -2.19. The molecule has 0 amide bonds. The van der Waals surface area contributed by atoms with Crippen molar-refractivity contribution in [3.63, 3.8) is 0 Å². The van der Waals surface area contributed by atoms with Gasteiger partial charge in [0.25, 0.3) is 5.69 Å². The molecule has 2 aromatic rings. The minimum Gasteiger partial charge on any atom is -0.365 e. The Morgan fingerprint density at radius 3 is 2.61 bits per heavy atom. The Morgan fingerprint density at radius 1 is 1.39 bits per heavy atom. The Hall–Kier alpha value is -2.35. The van der Waals surface area contributed by atoms with E-state index in [-0.39, 0.29) is 12.2 Å². The molecule has 1 aromatic carbocycles. The van der Waals surface area contributed by atoms with Crippen molar-refractivity contribution in [3.8, 4) is 0 Å². The molecule has 2 rings (SSSR count). The molecule has 0 fully saturated rings. The lowest BCUT2D eigenvalue weighted by Gasteiger charge is -2.20. The fourth-order valence-corrected chi connectivity index (χ4v) is 2.34. The van der Waals surface area contributed by atoms with Crippen LogP contribution in [0.15, 0.2) is 36.7 Å². The third-order valence-corrected chi connectivity index (χ3v) is 3.43. The molecule has 5 nitrogen and oxygen atoms in total. The van der Waals surface area contributed by atoms with E-state index >= 15 is 0 Å². The van der Waals surface area contributed by atoms with Crippen LogP contribution in [-0.2, 0) is 12.7 Å². The van der Waals surface area contributed by atoms with E-state index in [4.69, 9.17) is 11.6 Å². The van der Waals surface area contributed by atoms with Gasteiger partial charge in [0.2, 0.25) is 0 Å². The first-order chi connectivity index (χ1) is 10.7. The van der Waals surface area contributed by atoms with Gasteiger partial charge in [0.15, 0.2) is 0 Å². The first-order valence-corrected chi connectivity index (χ1v) is 6.73. The van der Waals surface area contributed by atoms with Gasteiger partial charge >= 0.3 is 6.18 Å². The van der Waals surface area contributed by atoms with E-state index in [0.29, 0.717) is 6.07 Å². The highest BCUT2D eigenvalue weighted by atomic mass is 35.5. The Labute approximate surface area is 134 Å². The summed E-state index contributed by atoms with van der Waals surface area (Å²) < 4.78 is 38.5. The summed E-state index contributed by atoms with van der Waals surface area (Å²) in [5.41, 5.74) is -1.14. The number of nitrogens with zero attached hydrogens (tertiary/aromatic N) is 3. The number of benzene rings is 1. The summed E-state index contributed by atoms with van der Waals surface area (Å²) in [7, 11) is 1.53. The molecule has 0 saturated carbocycles. The quantitative estimate of drug-likeness (QED) is 0.612. The first kappa shape index (κ1) is 17.0. The van der Waals surface area contributed by atoms with E-state index in [1.54, 1.807) is 24.5 Å². The molecular weight excluding hydrogens is 335 g/mol. The number of anilines is 1. The molecule has 0 saturated heterocycles. The molecule has 0 N–H and O–H groups in total. The van der Waals surface area contributed by atoms with Gasteiger partial charge in [-0.05, 0) is 17.7 Å². The van der Waals surface area contributed by atoms with Crippen molar-refractivity contribution in [2.45, 2.75) is 12.7 Å². The average molecular weight is 346 g/mol. The lowest BCUT2D eigenvalue weighted by atomic mass is 10.1. The van der Waals surface area contributed by atoms with Gasteiger partial charge in [0, 0.05) is 32.1 Å². The summed E-state index contributed by atoms with van der Waals surface area (Å²) >= 11 is 5.66. The van der Waals surface area contributed by atoms with Crippen molar-refractivity contribution in [2.24, 2.45) is 0 Å². The molecule has 9 heteroatoms. The van der Waals surface area contributed by atoms with Gasteiger partial charge in [0.05, 0.1) is 15.5 Å². The van der Waals surface area contributed by atoms with Crippen molar-refractivity contribution in [3.05, 3.63) is 62.9 Å². The van der Waals surface area contributed by atoms with Gasteiger partial charge in [-0.25, -0.2) is 0 Å². The molecule has 23 heavy (non-hydrogen) atoms. The minimum atomic E-state index is -4.76. The van der Waals surface area contributed by atoms with E-state index in [9.17, 15) is 23.3 Å². The van der Waals surface area contributed by atoms with Crippen molar-refractivity contribution >= 4 is 23.0 Å². The summed E-state index contributed by atoms with van der Waals surface area (Å²) in [6.07, 6.45) is -1.63. The smallest absolute Gasteiger partial charge is 0.365 e. The molecule has 0 spiro atoms. The SMILES string of the molecule is CN(Cc1cccnc1)c1cc(Cl)c(C(F)(F)F)cc1[N+](=O)[O-]. The lowest BCUT2D eigenvalue weighted by molar-refractivity contribution is -0.384. The number of nitro benzene ring substituents is 1. The fourth-order valence-electron chi connectivity index (χ4n) is 2.07. The Bertz CT molecular complexity index is 723. The van der Waals surface area contributed by atoms with Crippen molar-refractivity contribution < 1.29 is 18.1 Å². The maximum Gasteiger partial charge on any atom is 0.418 e. The highest BCUT2D eigenvalue weighted by Crippen LogP contribution is 2.41. The van der Waals surface area contributed by atoms with Crippen LogP contribution in [0.25, 0.3) is 0 Å². The second-order valence-corrected chi connectivity index (χ2v) is 5.20. The normalized spacial score (nSPS) is 11.3. The number of aromatic nitrogens is 1. The van der Waals surface area contributed by atoms with E-state index in [1.807, 2.05) is 0 Å². The third kappa shape index (κ3) is 3.89. The monoisotopic (exact) mass is 345 g/mol. The first-order valence-electron chi connectivity index (χ1n) is 6.35. The molecule has 0 aliphatic carbocycles. The Balaban J connectivity index is 2.45. The summed E-state index contributed by atoms with van der Waals surface area (Å²) in [6.45, 7) is 0.233. The summed E-state index contributed by atoms with van der Waals surface area (Å²) in [6, 6.07) is 4.86. The maximum absolute atomic E-state index is 12.8. The zero-order chi connectivity index (χ0) is 17.2. The van der Waals surface area contributed by atoms with Crippen LogP contribution in [0.1, 0.15) is 11.1 Å². The topological polar surface area (TPSA) is 59.3 Å². The van der Waals surface area contributed by atoms with E-state index in [0.717, 1.165) is 11.6 Å². The van der Waals surface area contributed by atoms with Crippen LogP contribution < -0.4 is 4.90 Å². The number of rotatable bonds is 4. The van der Waals surface area contributed by atoms with Gasteiger partial charge in [-0.15, -0.1) is 0 Å². The molecule has 0 radical (unpaired) electrons. The predicted molar refractivity (Wildman–Crippen MR) is 79.5 cm³/mol. The highest BCUT2D eigenvalue weighted by molar-refractivity contribution is 6.31. The number of nitro groups is 1. The van der Waals surface area contributed by atoms with Crippen LogP contribution in [0, 0.1) is 10.1 Å². The second-order valence-electron chi connectivity index (χ2n) is 4.79. The number of alkyl halides is 3. The molecule has 0 aliphatic heterocycles. The van der Waals surface area contributed by atoms with Crippen LogP contribution >= 0.6 is 11.6 Å². The van der Waals surface area contributed by atoms with E-state index < -0.39 is 27.4 Å². The number of hydrogen-bond donors (Lipinski definition) is 0. The standard InChI is InChI=1S/C14H11ClF3N3O2/c1-20(8-9-3-2-4-19-7-9)12-6-11(15)10(14(16,17)18)5-13(12)21(22)23/h2-7H,8H2,1H3. The van der Waals surface area contributed by atoms with E-state index in [2.05, 4.69) is 4.98 Å². The highest BCUT2D eigenvalue weighted by Gasteiger charge is 2.36. The zero-order valence-corrected chi connectivity index (χ0v) is 12.6. The van der Waals surface area contributed by atoms with E-state index in [1.165, 1.54) is 11.9 Å². The largest absolute Gasteiger partial charge is 0.418 e. The minimum absolute atomic E-state index is 0.00291. The van der Waals surface area contributed by atoms with Gasteiger partial charge in [-0.3, -0.25) is 15.1 Å². The molecule has 122 valence electrons. The Morgan fingerprint density at radius 2 is 2.09 bits per heavy atom. The van der Waals surface area contributed by atoms with Crippen LogP contribution in [0.2, 0.25) is 5.02 Å². The summed E-state index contributed by atoms with van der Waals surface area (Å²) in [4.78, 5) is 15.6. The summed E-state index contributed by atoms with van der Waals surface area (Å²) in [5, 5.41) is 10.5. The fraction of sp³-hybridized carbons (Fsp3) is 0.214. The molecule has 1 heterocycles. The van der Waals surface area contributed by atoms with Gasteiger partial charge in [-0.2, -0.15) is 13.2 Å².